The van der Waals surface area contributed by atoms with E-state index in [0.717, 1.165) is 33.7 Å². The van der Waals surface area contributed by atoms with E-state index in [1.165, 1.54) is 0 Å². The highest BCUT2D eigenvalue weighted by atomic mass is 32.1. The van der Waals surface area contributed by atoms with Gasteiger partial charge in [-0.1, -0.05) is 24.3 Å². The molecule has 0 radical (unpaired) electrons. The number of nitrogens with zero attached hydrogens (tertiary/aromatic N) is 2. The normalized spacial score (nSPS) is 10.4. The first-order valence-electron chi connectivity index (χ1n) is 6.69. The second-order valence-corrected chi connectivity index (χ2v) is 5.87. The van der Waals surface area contributed by atoms with Crippen LogP contribution < -0.4 is 15.8 Å². The molecule has 5 nitrogen and oxygen atoms in total. The van der Waals surface area contributed by atoms with Crippen LogP contribution >= 0.6 is 11.5 Å². The predicted octanol–water partition coefficient (Wildman–Crippen LogP) is 3.27. The quantitative estimate of drug-likeness (QED) is 0.779. The molecule has 0 saturated carbocycles. The molecule has 0 saturated heterocycles. The van der Waals surface area contributed by atoms with Crippen molar-refractivity contribution in [1.82, 2.24) is 4.37 Å². The standard InChI is InChI=1S/C16H14N4OS/c1-20(2)13-8-4-6-10-5-3-7-12(14(10)13)18-16-11(9-17)15(21)19-22-16/h3-8,18H,1-2H3,(H,19,21). The van der Waals surface area contributed by atoms with Gasteiger partial charge in [0.1, 0.15) is 11.1 Å². The van der Waals surface area contributed by atoms with Crippen LogP contribution in [0.5, 0.6) is 0 Å². The van der Waals surface area contributed by atoms with Crippen LogP contribution in [0.25, 0.3) is 10.8 Å². The van der Waals surface area contributed by atoms with Crippen molar-refractivity contribution in [3.8, 4) is 6.07 Å². The summed E-state index contributed by atoms with van der Waals surface area (Å²) in [6.45, 7) is 0. The van der Waals surface area contributed by atoms with Gasteiger partial charge in [0.25, 0.3) is 5.56 Å². The van der Waals surface area contributed by atoms with Crippen LogP contribution in [0.2, 0.25) is 0 Å². The Labute approximate surface area is 131 Å². The van der Waals surface area contributed by atoms with E-state index in [0.29, 0.717) is 5.00 Å². The van der Waals surface area contributed by atoms with Gasteiger partial charge in [-0.2, -0.15) is 5.26 Å². The van der Waals surface area contributed by atoms with E-state index >= 15 is 0 Å². The minimum atomic E-state index is -0.358. The first-order valence-corrected chi connectivity index (χ1v) is 7.51. The van der Waals surface area contributed by atoms with Gasteiger partial charge < -0.3 is 10.2 Å². The highest BCUT2D eigenvalue weighted by Crippen LogP contribution is 2.34. The number of fused-ring (bicyclic) bond motifs is 1. The monoisotopic (exact) mass is 310 g/mol. The summed E-state index contributed by atoms with van der Waals surface area (Å²) in [4.78, 5) is 13.6. The number of rotatable bonds is 3. The molecule has 3 aromatic rings. The fourth-order valence-electron chi connectivity index (χ4n) is 2.41. The SMILES string of the molecule is CN(C)c1cccc2cccc(Nc3s[nH]c(=O)c3C#N)c12. The van der Waals surface area contributed by atoms with Crippen LogP contribution in [0, 0.1) is 11.3 Å². The predicted molar refractivity (Wildman–Crippen MR) is 91.2 cm³/mol. The molecule has 0 amide bonds. The maximum Gasteiger partial charge on any atom is 0.278 e. The molecule has 2 N–H and O–H groups in total. The Kier molecular flexibility index (Phi) is 3.57. The van der Waals surface area contributed by atoms with Gasteiger partial charge in [-0.15, -0.1) is 0 Å². The van der Waals surface area contributed by atoms with Gasteiger partial charge >= 0.3 is 0 Å². The number of nitriles is 1. The number of aromatic nitrogens is 1. The largest absolute Gasteiger partial charge is 0.377 e. The molecule has 6 heteroatoms. The number of nitrogens with one attached hydrogen (secondary N) is 2. The zero-order valence-corrected chi connectivity index (χ0v) is 13.0. The fourth-order valence-corrected chi connectivity index (χ4v) is 3.11. The number of H-pyrrole nitrogens is 1. The molecule has 3 rings (SSSR count). The highest BCUT2D eigenvalue weighted by Gasteiger charge is 2.13. The minimum absolute atomic E-state index is 0.115. The maximum absolute atomic E-state index is 11.6. The Morgan fingerprint density at radius 3 is 2.64 bits per heavy atom. The molecule has 0 atom stereocenters. The number of hydrogen-bond donors (Lipinski definition) is 2. The number of anilines is 3. The average molecular weight is 310 g/mol. The molecular weight excluding hydrogens is 296 g/mol. The Morgan fingerprint density at radius 2 is 1.95 bits per heavy atom. The summed E-state index contributed by atoms with van der Waals surface area (Å²) in [7, 11) is 3.97. The van der Waals surface area contributed by atoms with Crippen molar-refractivity contribution < 1.29 is 0 Å². The third-order valence-corrected chi connectivity index (χ3v) is 4.22. The van der Waals surface area contributed by atoms with Crippen LogP contribution in [-0.2, 0) is 0 Å². The number of benzene rings is 2. The molecule has 0 unspecified atom stereocenters. The third kappa shape index (κ3) is 2.32. The van der Waals surface area contributed by atoms with E-state index in [9.17, 15) is 4.79 Å². The topological polar surface area (TPSA) is 71.9 Å². The first-order chi connectivity index (χ1) is 10.6. The molecule has 1 heterocycles. The van der Waals surface area contributed by atoms with Crippen molar-refractivity contribution in [3.05, 3.63) is 52.3 Å². The lowest BCUT2D eigenvalue weighted by atomic mass is 10.1. The van der Waals surface area contributed by atoms with Gasteiger partial charge in [-0.25, -0.2) is 0 Å². The Morgan fingerprint density at radius 1 is 1.23 bits per heavy atom. The van der Waals surface area contributed by atoms with Gasteiger partial charge in [-0.05, 0) is 29.1 Å². The fraction of sp³-hybridized carbons (Fsp3) is 0.125. The summed E-state index contributed by atoms with van der Waals surface area (Å²) >= 11 is 1.13. The zero-order chi connectivity index (χ0) is 15.7. The van der Waals surface area contributed by atoms with E-state index < -0.39 is 0 Å². The molecule has 0 aliphatic carbocycles. The molecule has 0 aliphatic heterocycles. The van der Waals surface area contributed by atoms with E-state index in [4.69, 9.17) is 5.26 Å². The van der Waals surface area contributed by atoms with Crippen molar-refractivity contribution in [1.29, 1.82) is 5.26 Å². The van der Waals surface area contributed by atoms with Gasteiger partial charge in [0, 0.05) is 30.9 Å². The van der Waals surface area contributed by atoms with Gasteiger partial charge in [-0.3, -0.25) is 9.17 Å². The molecule has 110 valence electrons. The summed E-state index contributed by atoms with van der Waals surface area (Å²) < 4.78 is 2.58. The van der Waals surface area contributed by atoms with Crippen LogP contribution in [0.1, 0.15) is 5.56 Å². The molecule has 1 aromatic heterocycles. The Hall–Kier alpha value is -2.78. The maximum atomic E-state index is 11.6. The summed E-state index contributed by atoms with van der Waals surface area (Å²) in [6.07, 6.45) is 0. The van der Waals surface area contributed by atoms with Crippen LogP contribution in [0.4, 0.5) is 16.4 Å². The summed E-state index contributed by atoms with van der Waals surface area (Å²) in [5.41, 5.74) is 1.70. The van der Waals surface area contributed by atoms with Crippen LogP contribution in [-0.4, -0.2) is 18.5 Å². The summed E-state index contributed by atoms with van der Waals surface area (Å²) in [5, 5.41) is 15.0. The molecule has 0 bridgehead atoms. The zero-order valence-electron chi connectivity index (χ0n) is 12.2. The van der Waals surface area contributed by atoms with E-state index in [-0.39, 0.29) is 11.1 Å². The van der Waals surface area contributed by atoms with Gasteiger partial charge in [0.15, 0.2) is 5.56 Å². The molecule has 0 aliphatic rings. The van der Waals surface area contributed by atoms with E-state index in [1.807, 2.05) is 61.5 Å². The van der Waals surface area contributed by atoms with Crippen molar-refractivity contribution in [2.45, 2.75) is 0 Å². The van der Waals surface area contributed by atoms with Crippen molar-refractivity contribution >= 4 is 38.7 Å². The molecule has 22 heavy (non-hydrogen) atoms. The second-order valence-electron chi connectivity index (χ2n) is 5.05. The minimum Gasteiger partial charge on any atom is -0.377 e. The second kappa shape index (κ2) is 5.54. The smallest absolute Gasteiger partial charge is 0.278 e. The lowest BCUT2D eigenvalue weighted by Crippen LogP contribution is -2.09. The Bertz CT molecular complexity index is 928. The van der Waals surface area contributed by atoms with Gasteiger partial charge in [0.2, 0.25) is 0 Å². The van der Waals surface area contributed by atoms with Gasteiger partial charge in [0.05, 0.1) is 0 Å². The number of hydrogen-bond acceptors (Lipinski definition) is 5. The molecule has 2 aromatic carbocycles. The average Bonchev–Trinajstić information content (AvgIpc) is 2.86. The Balaban J connectivity index is 2.19. The molecule has 0 fully saturated rings. The van der Waals surface area contributed by atoms with Crippen LogP contribution in [0.15, 0.2) is 41.2 Å². The van der Waals surface area contributed by atoms with E-state index in [1.54, 1.807) is 0 Å². The lowest BCUT2D eigenvalue weighted by molar-refractivity contribution is 1.14. The van der Waals surface area contributed by atoms with Crippen molar-refractivity contribution in [2.75, 3.05) is 24.3 Å². The third-order valence-electron chi connectivity index (χ3n) is 3.42. The number of aromatic amines is 1. The lowest BCUT2D eigenvalue weighted by Gasteiger charge is -2.18. The molecular formula is C16H14N4OS. The van der Waals surface area contributed by atoms with Crippen LogP contribution in [0.3, 0.4) is 0 Å². The van der Waals surface area contributed by atoms with Crippen molar-refractivity contribution in [3.63, 3.8) is 0 Å². The van der Waals surface area contributed by atoms with E-state index in [2.05, 4.69) is 9.69 Å². The summed E-state index contributed by atoms with van der Waals surface area (Å²) in [5.74, 6) is 0. The summed E-state index contributed by atoms with van der Waals surface area (Å²) in [6, 6.07) is 14.0. The first kappa shape index (κ1) is 14.2. The highest BCUT2D eigenvalue weighted by molar-refractivity contribution is 7.10. The van der Waals surface area contributed by atoms with Crippen molar-refractivity contribution in [2.24, 2.45) is 0 Å². The molecule has 0 spiro atoms.